The normalized spacial score (nSPS) is 12.3. The Hall–Kier alpha value is -4.21. The number of ketones is 2. The first kappa shape index (κ1) is 19.1. The van der Waals surface area contributed by atoms with E-state index < -0.39 is 45.9 Å². The fourth-order valence-electron chi connectivity index (χ4n) is 3.22. The van der Waals surface area contributed by atoms with Gasteiger partial charge in [-0.2, -0.15) is 4.98 Å². The molecule has 0 saturated carbocycles. The molecule has 0 amide bonds. The van der Waals surface area contributed by atoms with Crippen LogP contribution >= 0.6 is 0 Å². The summed E-state index contributed by atoms with van der Waals surface area (Å²) in [6.45, 7) is 1.42. The average Bonchev–Trinajstić information content (AvgIpc) is 3.23. The van der Waals surface area contributed by atoms with Gasteiger partial charge < -0.3 is 9.26 Å². The summed E-state index contributed by atoms with van der Waals surface area (Å²) in [5, 5.41) is 15.4. The summed E-state index contributed by atoms with van der Waals surface area (Å²) in [6, 6.07) is 8.35. The molecule has 0 saturated heterocycles. The van der Waals surface area contributed by atoms with E-state index in [9.17, 15) is 24.5 Å². The first-order valence-electron chi connectivity index (χ1n) is 8.90. The van der Waals surface area contributed by atoms with E-state index in [2.05, 4.69) is 10.1 Å². The average molecular weight is 407 g/mol. The first-order valence-corrected chi connectivity index (χ1v) is 8.90. The number of nitro benzene ring substituents is 1. The Morgan fingerprint density at radius 3 is 2.43 bits per heavy atom. The van der Waals surface area contributed by atoms with Crippen molar-refractivity contribution < 1.29 is 28.6 Å². The molecule has 0 atom stereocenters. The van der Waals surface area contributed by atoms with Gasteiger partial charge in [-0.25, -0.2) is 4.79 Å². The number of hydrogen-bond donors (Lipinski definition) is 0. The van der Waals surface area contributed by atoms with Crippen molar-refractivity contribution in [2.75, 3.05) is 0 Å². The molecule has 0 unspecified atom stereocenters. The lowest BCUT2D eigenvalue weighted by molar-refractivity contribution is -0.385. The summed E-state index contributed by atoms with van der Waals surface area (Å²) in [6.07, 6.45) is 0.519. The number of carbonyl (C=O) groups is 3. The highest BCUT2D eigenvalue weighted by atomic mass is 16.6. The van der Waals surface area contributed by atoms with Gasteiger partial charge in [0.25, 0.3) is 11.6 Å². The zero-order chi connectivity index (χ0) is 21.4. The summed E-state index contributed by atoms with van der Waals surface area (Å²) in [4.78, 5) is 53.1. The predicted molar refractivity (Wildman–Crippen MR) is 99.2 cm³/mol. The highest BCUT2D eigenvalue weighted by Crippen LogP contribution is 2.35. The number of ether oxygens (including phenoxy) is 1. The number of esters is 1. The zero-order valence-electron chi connectivity index (χ0n) is 15.6. The quantitative estimate of drug-likeness (QED) is 0.277. The van der Waals surface area contributed by atoms with Crippen LogP contribution in [0.15, 0.2) is 40.9 Å². The Morgan fingerprint density at radius 1 is 1.10 bits per heavy atom. The van der Waals surface area contributed by atoms with Crippen LogP contribution in [-0.4, -0.2) is 32.6 Å². The summed E-state index contributed by atoms with van der Waals surface area (Å²) in [5.74, 6) is -1.84. The van der Waals surface area contributed by atoms with Crippen LogP contribution in [0.4, 0.5) is 5.69 Å². The molecule has 10 nitrogen and oxygen atoms in total. The van der Waals surface area contributed by atoms with Gasteiger partial charge in [-0.05, 0) is 12.1 Å². The summed E-state index contributed by atoms with van der Waals surface area (Å²) in [5.41, 5.74) is -1.58. The largest absolute Gasteiger partial charge is 0.452 e. The Labute approximate surface area is 168 Å². The number of rotatable bonds is 5. The van der Waals surface area contributed by atoms with Crippen molar-refractivity contribution in [2.24, 2.45) is 0 Å². The molecule has 2 aromatic carbocycles. The second-order valence-corrected chi connectivity index (χ2v) is 6.38. The van der Waals surface area contributed by atoms with Crippen molar-refractivity contribution >= 4 is 23.2 Å². The Bertz CT molecular complexity index is 1230. The molecule has 0 radical (unpaired) electrons. The number of carbonyl (C=O) groups excluding carboxylic acids is 3. The molecule has 0 spiro atoms. The SMILES string of the molecule is CCc1noc(COC(=O)c2ccc3c(c2[N+](=O)[O-])C(=O)c2ccccc2C3=O)n1. The minimum Gasteiger partial charge on any atom is -0.452 e. The Balaban J connectivity index is 1.73. The van der Waals surface area contributed by atoms with Gasteiger partial charge in [-0.15, -0.1) is 0 Å². The van der Waals surface area contributed by atoms with Crippen LogP contribution < -0.4 is 0 Å². The summed E-state index contributed by atoms with van der Waals surface area (Å²) in [7, 11) is 0. The monoisotopic (exact) mass is 407 g/mol. The molecule has 10 heteroatoms. The van der Waals surface area contributed by atoms with Crippen LogP contribution in [0.25, 0.3) is 0 Å². The fraction of sp³-hybridized carbons (Fsp3) is 0.150. The third-order valence-corrected chi connectivity index (χ3v) is 4.62. The van der Waals surface area contributed by atoms with E-state index in [0.29, 0.717) is 12.2 Å². The molecule has 4 rings (SSSR count). The molecule has 3 aromatic rings. The van der Waals surface area contributed by atoms with Crippen LogP contribution in [-0.2, 0) is 17.8 Å². The molecule has 1 aromatic heterocycles. The Morgan fingerprint density at radius 2 is 1.80 bits per heavy atom. The van der Waals surface area contributed by atoms with Crippen LogP contribution in [0.5, 0.6) is 0 Å². The van der Waals surface area contributed by atoms with Crippen molar-refractivity contribution in [3.8, 4) is 0 Å². The van der Waals surface area contributed by atoms with Gasteiger partial charge in [-0.1, -0.05) is 36.3 Å². The maximum absolute atomic E-state index is 12.9. The van der Waals surface area contributed by atoms with Gasteiger partial charge in [0.1, 0.15) is 11.1 Å². The highest BCUT2D eigenvalue weighted by Gasteiger charge is 2.39. The number of hydrogen-bond acceptors (Lipinski definition) is 9. The standard InChI is InChI=1S/C20H13N3O7/c1-2-14-21-15(30-22-14)9-29-20(26)13-8-7-12-16(17(13)23(27)28)19(25)11-6-4-3-5-10(11)18(12)24/h3-8H,2,9H2,1H3. The van der Waals surface area contributed by atoms with Crippen LogP contribution in [0.1, 0.15) is 60.8 Å². The van der Waals surface area contributed by atoms with Crippen molar-refractivity contribution in [2.45, 2.75) is 20.0 Å². The van der Waals surface area contributed by atoms with Crippen molar-refractivity contribution in [3.05, 3.63) is 86.0 Å². The lowest BCUT2D eigenvalue weighted by Gasteiger charge is -2.18. The third-order valence-electron chi connectivity index (χ3n) is 4.62. The summed E-state index contributed by atoms with van der Waals surface area (Å²) < 4.78 is 9.96. The third kappa shape index (κ3) is 3.04. The molecule has 1 aliphatic rings. The van der Waals surface area contributed by atoms with Crippen LogP contribution in [0.3, 0.4) is 0 Å². The molecule has 1 heterocycles. The molecule has 0 bridgehead atoms. The van der Waals surface area contributed by atoms with Gasteiger partial charge in [0.05, 0.1) is 4.92 Å². The number of benzene rings is 2. The molecule has 0 N–H and O–H groups in total. The lowest BCUT2D eigenvalue weighted by Crippen LogP contribution is -2.23. The van der Waals surface area contributed by atoms with Crippen LogP contribution in [0.2, 0.25) is 0 Å². The number of nitrogens with zero attached hydrogens (tertiary/aromatic N) is 3. The molecule has 0 aliphatic heterocycles. The maximum Gasteiger partial charge on any atom is 0.345 e. The smallest absolute Gasteiger partial charge is 0.345 e. The molecule has 150 valence electrons. The second-order valence-electron chi connectivity index (χ2n) is 6.38. The van der Waals surface area contributed by atoms with E-state index >= 15 is 0 Å². The number of aromatic nitrogens is 2. The highest BCUT2D eigenvalue weighted by molar-refractivity contribution is 6.30. The van der Waals surface area contributed by atoms with E-state index in [0.717, 1.165) is 6.07 Å². The first-order chi connectivity index (χ1) is 14.4. The fourth-order valence-corrected chi connectivity index (χ4v) is 3.22. The molecule has 1 aliphatic carbocycles. The van der Waals surface area contributed by atoms with Crippen LogP contribution in [0, 0.1) is 10.1 Å². The predicted octanol–water partition coefficient (Wildman–Crippen LogP) is 2.67. The summed E-state index contributed by atoms with van der Waals surface area (Å²) >= 11 is 0. The van der Waals surface area contributed by atoms with Gasteiger partial charge in [0, 0.05) is 23.1 Å². The van der Waals surface area contributed by atoms with E-state index in [1.165, 1.54) is 18.2 Å². The minimum absolute atomic E-state index is 0.0287. The van der Waals surface area contributed by atoms with E-state index in [1.54, 1.807) is 12.1 Å². The van der Waals surface area contributed by atoms with Crippen molar-refractivity contribution in [3.63, 3.8) is 0 Å². The van der Waals surface area contributed by atoms with E-state index in [-0.39, 0.29) is 22.6 Å². The van der Waals surface area contributed by atoms with Gasteiger partial charge >= 0.3 is 5.97 Å². The number of aryl methyl sites for hydroxylation is 1. The van der Waals surface area contributed by atoms with Gasteiger partial charge in [-0.3, -0.25) is 19.7 Å². The van der Waals surface area contributed by atoms with E-state index in [1.807, 2.05) is 6.92 Å². The Kier molecular flexibility index (Phi) is 4.66. The molecular formula is C20H13N3O7. The van der Waals surface area contributed by atoms with E-state index in [4.69, 9.17) is 9.26 Å². The molecule has 30 heavy (non-hydrogen) atoms. The topological polar surface area (TPSA) is 142 Å². The van der Waals surface area contributed by atoms with Crippen molar-refractivity contribution in [1.82, 2.24) is 10.1 Å². The maximum atomic E-state index is 12.9. The molecule has 0 fully saturated rings. The zero-order valence-corrected chi connectivity index (χ0v) is 15.6. The van der Waals surface area contributed by atoms with Gasteiger partial charge in [0.15, 0.2) is 18.2 Å². The molecular weight excluding hydrogens is 394 g/mol. The minimum atomic E-state index is -1.06. The number of nitro groups is 1. The van der Waals surface area contributed by atoms with Crippen molar-refractivity contribution in [1.29, 1.82) is 0 Å². The second kappa shape index (κ2) is 7.32. The van der Waals surface area contributed by atoms with Gasteiger partial charge in [0.2, 0.25) is 5.78 Å². The number of fused-ring (bicyclic) bond motifs is 2. The lowest BCUT2D eigenvalue weighted by atomic mass is 9.82.